The van der Waals surface area contributed by atoms with Crippen LogP contribution in [-0.2, 0) is 14.9 Å². The van der Waals surface area contributed by atoms with Crippen LogP contribution < -0.4 is 4.18 Å². The molecule has 0 N–H and O–H groups in total. The summed E-state index contributed by atoms with van der Waals surface area (Å²) in [6.45, 7) is 6.61. The molecule has 5 nitrogen and oxygen atoms in total. The van der Waals surface area contributed by atoms with Crippen molar-refractivity contribution < 1.29 is 17.3 Å². The molecule has 6 heteroatoms. The summed E-state index contributed by atoms with van der Waals surface area (Å²) in [5, 5.41) is 0. The van der Waals surface area contributed by atoms with E-state index < -0.39 is 10.1 Å². The Kier molecular flexibility index (Phi) is 5.53. The molecule has 0 radical (unpaired) electrons. The topological polar surface area (TPSA) is 55.8 Å². The Balaban J connectivity index is 1.85. The lowest BCUT2D eigenvalue weighted by Crippen LogP contribution is -2.38. The normalized spacial score (nSPS) is 18.6. The number of para-hydroxylation sites is 1. The van der Waals surface area contributed by atoms with Crippen LogP contribution >= 0.6 is 0 Å². The zero-order valence-electron chi connectivity index (χ0n) is 13.9. The summed E-state index contributed by atoms with van der Waals surface area (Å²) in [4.78, 5) is 2.34. The van der Waals surface area contributed by atoms with E-state index in [1.807, 2.05) is 18.2 Å². The molecule has 0 aliphatic carbocycles. The van der Waals surface area contributed by atoms with Crippen molar-refractivity contribution >= 4 is 10.1 Å². The predicted octanol–water partition coefficient (Wildman–Crippen LogP) is 3.01. The highest BCUT2D eigenvalue weighted by atomic mass is 32.2. The smallest absolute Gasteiger partial charge is 0.339 e. The first-order chi connectivity index (χ1) is 12.1. The van der Waals surface area contributed by atoms with Crippen LogP contribution in [-0.4, -0.2) is 39.6 Å². The molecule has 1 heterocycles. The second-order valence-corrected chi connectivity index (χ2v) is 7.34. The lowest BCUT2D eigenvalue weighted by Gasteiger charge is -2.32. The minimum atomic E-state index is -3.88. The zero-order valence-corrected chi connectivity index (χ0v) is 14.7. The number of rotatable bonds is 6. The fraction of sp³-hybridized carbons (Fsp3) is 0.263. The van der Waals surface area contributed by atoms with E-state index in [9.17, 15) is 8.42 Å². The maximum absolute atomic E-state index is 12.5. The van der Waals surface area contributed by atoms with Gasteiger partial charge in [0.15, 0.2) is 0 Å². The second-order valence-electron chi connectivity index (χ2n) is 5.80. The van der Waals surface area contributed by atoms with E-state index in [0.717, 1.165) is 18.7 Å². The van der Waals surface area contributed by atoms with Crippen molar-refractivity contribution in [2.75, 3.05) is 26.2 Å². The van der Waals surface area contributed by atoms with Crippen LogP contribution in [0.5, 0.6) is 5.75 Å². The van der Waals surface area contributed by atoms with Gasteiger partial charge in [-0.25, -0.2) is 0 Å². The molecule has 0 spiro atoms. The van der Waals surface area contributed by atoms with E-state index in [-0.39, 0.29) is 11.0 Å². The van der Waals surface area contributed by atoms with Gasteiger partial charge in [-0.05, 0) is 18.2 Å². The number of nitrogens with zero attached hydrogens (tertiary/aromatic N) is 1. The average molecular weight is 359 g/mol. The molecule has 2 aromatic rings. The minimum absolute atomic E-state index is 0.127. The molecular weight excluding hydrogens is 338 g/mol. The molecule has 0 bridgehead atoms. The second kappa shape index (κ2) is 7.82. The number of morpholine rings is 1. The van der Waals surface area contributed by atoms with E-state index in [2.05, 4.69) is 11.5 Å². The largest absolute Gasteiger partial charge is 0.379 e. The zero-order chi connectivity index (χ0) is 17.7. The monoisotopic (exact) mass is 359 g/mol. The summed E-state index contributed by atoms with van der Waals surface area (Å²) in [5.74, 6) is 0.303. The molecule has 2 aromatic carbocycles. The fourth-order valence-corrected chi connectivity index (χ4v) is 3.79. The maximum atomic E-state index is 12.5. The van der Waals surface area contributed by atoms with Crippen LogP contribution in [0.3, 0.4) is 0 Å². The summed E-state index contributed by atoms with van der Waals surface area (Å²) in [5.41, 5.74) is 0.732. The molecule has 132 valence electrons. The summed E-state index contributed by atoms with van der Waals surface area (Å²) in [6.07, 6.45) is 1.61. The SMILES string of the molecule is C=CCN1CCO[C@@H](c2ccccc2OS(=O)(=O)c2ccccc2)C1. The Bertz CT molecular complexity index is 820. The van der Waals surface area contributed by atoms with Crippen molar-refractivity contribution in [3.63, 3.8) is 0 Å². The summed E-state index contributed by atoms with van der Waals surface area (Å²) < 4.78 is 36.3. The van der Waals surface area contributed by atoms with Crippen LogP contribution in [0.1, 0.15) is 11.7 Å². The van der Waals surface area contributed by atoms with Gasteiger partial charge in [-0.1, -0.05) is 42.5 Å². The molecule has 0 amide bonds. The lowest BCUT2D eigenvalue weighted by atomic mass is 10.1. The van der Waals surface area contributed by atoms with Crippen LogP contribution in [0.4, 0.5) is 0 Å². The van der Waals surface area contributed by atoms with Crippen LogP contribution in [0.15, 0.2) is 72.1 Å². The van der Waals surface area contributed by atoms with E-state index in [0.29, 0.717) is 18.9 Å². The van der Waals surface area contributed by atoms with Crippen LogP contribution in [0.25, 0.3) is 0 Å². The predicted molar refractivity (Wildman–Crippen MR) is 96.0 cm³/mol. The third kappa shape index (κ3) is 4.28. The Labute approximate surface area is 148 Å². The van der Waals surface area contributed by atoms with Gasteiger partial charge >= 0.3 is 10.1 Å². The first-order valence-electron chi connectivity index (χ1n) is 8.13. The number of ether oxygens (including phenoxy) is 1. The van der Waals surface area contributed by atoms with Gasteiger partial charge in [-0.15, -0.1) is 6.58 Å². The van der Waals surface area contributed by atoms with Gasteiger partial charge in [-0.2, -0.15) is 8.42 Å². The third-order valence-electron chi connectivity index (χ3n) is 4.04. The average Bonchev–Trinajstić information content (AvgIpc) is 2.63. The molecule has 0 unspecified atom stereocenters. The van der Waals surface area contributed by atoms with Crippen molar-refractivity contribution in [1.29, 1.82) is 0 Å². The maximum Gasteiger partial charge on any atom is 0.339 e. The number of hydrogen-bond acceptors (Lipinski definition) is 5. The van der Waals surface area contributed by atoms with Gasteiger partial charge in [0.25, 0.3) is 0 Å². The van der Waals surface area contributed by atoms with Gasteiger partial charge in [0.05, 0.1) is 12.7 Å². The molecule has 0 aromatic heterocycles. The molecule has 1 fully saturated rings. The van der Waals surface area contributed by atoms with Crippen molar-refractivity contribution in [3.05, 3.63) is 72.8 Å². The molecule has 1 aliphatic heterocycles. The quantitative estimate of drug-likeness (QED) is 0.586. The standard InChI is InChI=1S/C19H21NO4S/c1-2-12-20-13-14-23-19(15-20)17-10-6-7-11-18(17)24-25(21,22)16-8-4-3-5-9-16/h2-11,19H,1,12-15H2/t19-/m1/s1. The van der Waals surface area contributed by atoms with Crippen LogP contribution in [0.2, 0.25) is 0 Å². The number of benzene rings is 2. The lowest BCUT2D eigenvalue weighted by molar-refractivity contribution is -0.0266. The summed E-state index contributed by atoms with van der Waals surface area (Å²) in [7, 11) is -3.88. The molecule has 1 saturated heterocycles. The Morgan fingerprint density at radius 2 is 1.88 bits per heavy atom. The number of hydrogen-bond donors (Lipinski definition) is 0. The van der Waals surface area contributed by atoms with Crippen molar-refractivity contribution in [3.8, 4) is 5.75 Å². The van der Waals surface area contributed by atoms with Crippen molar-refractivity contribution in [2.24, 2.45) is 0 Å². The highest BCUT2D eigenvalue weighted by molar-refractivity contribution is 7.87. The fourth-order valence-electron chi connectivity index (χ4n) is 2.81. The van der Waals surface area contributed by atoms with E-state index >= 15 is 0 Å². The molecule has 25 heavy (non-hydrogen) atoms. The summed E-state index contributed by atoms with van der Waals surface area (Å²) >= 11 is 0. The van der Waals surface area contributed by atoms with Crippen molar-refractivity contribution in [1.82, 2.24) is 4.90 Å². The summed E-state index contributed by atoms with van der Waals surface area (Å²) in [6, 6.07) is 15.2. The Morgan fingerprint density at radius 3 is 2.64 bits per heavy atom. The van der Waals surface area contributed by atoms with E-state index in [1.54, 1.807) is 30.3 Å². The molecule has 1 atom stereocenters. The Morgan fingerprint density at radius 1 is 1.16 bits per heavy atom. The van der Waals surface area contributed by atoms with Gasteiger partial charge in [-0.3, -0.25) is 4.90 Å². The third-order valence-corrected chi connectivity index (χ3v) is 5.28. The molecule has 1 aliphatic rings. The van der Waals surface area contributed by atoms with E-state index in [4.69, 9.17) is 8.92 Å². The highest BCUT2D eigenvalue weighted by Gasteiger charge is 2.26. The molecule has 3 rings (SSSR count). The van der Waals surface area contributed by atoms with Crippen LogP contribution in [0, 0.1) is 0 Å². The van der Waals surface area contributed by atoms with Gasteiger partial charge in [0.1, 0.15) is 10.6 Å². The Hall–Kier alpha value is -2.15. The molecule has 0 saturated carbocycles. The minimum Gasteiger partial charge on any atom is -0.379 e. The van der Waals surface area contributed by atoms with Gasteiger partial charge < -0.3 is 8.92 Å². The first-order valence-corrected chi connectivity index (χ1v) is 9.54. The van der Waals surface area contributed by atoms with E-state index in [1.165, 1.54) is 12.1 Å². The highest BCUT2D eigenvalue weighted by Crippen LogP contribution is 2.32. The van der Waals surface area contributed by atoms with Gasteiger partial charge in [0.2, 0.25) is 0 Å². The van der Waals surface area contributed by atoms with Crippen molar-refractivity contribution in [2.45, 2.75) is 11.0 Å². The molecular formula is C19H21NO4S. The van der Waals surface area contributed by atoms with Gasteiger partial charge in [0, 0.05) is 25.2 Å². The first kappa shape index (κ1) is 17.7.